The molecule has 10 heteroatoms. The Morgan fingerprint density at radius 1 is 1.09 bits per heavy atom. The lowest BCUT2D eigenvalue weighted by molar-refractivity contribution is -0.384. The summed E-state index contributed by atoms with van der Waals surface area (Å²) in [7, 11) is 0. The van der Waals surface area contributed by atoms with Crippen LogP contribution in [0.15, 0.2) is 52.9 Å². The number of rotatable bonds is 5. The van der Waals surface area contributed by atoms with E-state index in [1.54, 1.807) is 49.1 Å². The Kier molecular flexibility index (Phi) is 6.56. The SMILES string of the molecule is CC(=O)N1CCN(c2c(Cl)cccc2NC(=O)c2ccc(-c3ccc(C)cc3[N+](=O)[O-])o2)CC1. The van der Waals surface area contributed by atoms with Gasteiger partial charge < -0.3 is 19.5 Å². The predicted molar refractivity (Wildman–Crippen MR) is 129 cm³/mol. The number of nitrogens with zero attached hydrogens (tertiary/aromatic N) is 3. The first-order valence-corrected chi connectivity index (χ1v) is 11.1. The first kappa shape index (κ1) is 23.3. The van der Waals surface area contributed by atoms with Gasteiger partial charge in [-0.25, -0.2) is 0 Å². The summed E-state index contributed by atoms with van der Waals surface area (Å²) >= 11 is 6.47. The molecule has 0 unspecified atom stereocenters. The first-order valence-electron chi connectivity index (χ1n) is 10.7. The Labute approximate surface area is 201 Å². The zero-order valence-electron chi connectivity index (χ0n) is 18.7. The van der Waals surface area contributed by atoms with E-state index in [0.717, 1.165) is 5.56 Å². The summed E-state index contributed by atoms with van der Waals surface area (Å²) in [6.07, 6.45) is 0. The number of para-hydroxylation sites is 1. The summed E-state index contributed by atoms with van der Waals surface area (Å²) in [5.41, 5.74) is 2.12. The van der Waals surface area contributed by atoms with E-state index < -0.39 is 10.8 Å². The van der Waals surface area contributed by atoms with Crippen LogP contribution in [0.2, 0.25) is 5.02 Å². The molecule has 4 rings (SSSR count). The highest BCUT2D eigenvalue weighted by atomic mass is 35.5. The average molecular weight is 483 g/mol. The van der Waals surface area contributed by atoms with Crippen LogP contribution < -0.4 is 10.2 Å². The number of nitrogens with one attached hydrogen (secondary N) is 1. The summed E-state index contributed by atoms with van der Waals surface area (Å²) < 4.78 is 5.68. The van der Waals surface area contributed by atoms with Crippen molar-refractivity contribution in [1.29, 1.82) is 0 Å². The first-order chi connectivity index (χ1) is 16.2. The van der Waals surface area contributed by atoms with Crippen LogP contribution in [0.5, 0.6) is 0 Å². The third-order valence-electron chi connectivity index (χ3n) is 5.72. The maximum atomic E-state index is 13.0. The molecule has 1 aromatic heterocycles. The second kappa shape index (κ2) is 9.56. The lowest BCUT2D eigenvalue weighted by atomic mass is 10.1. The fraction of sp³-hybridized carbons (Fsp3) is 0.250. The van der Waals surface area contributed by atoms with Gasteiger partial charge in [-0.1, -0.05) is 23.7 Å². The number of amides is 2. The van der Waals surface area contributed by atoms with Crippen LogP contribution in [0.1, 0.15) is 23.0 Å². The molecule has 0 radical (unpaired) electrons. The minimum atomic E-state index is -0.507. The van der Waals surface area contributed by atoms with Crippen molar-refractivity contribution in [3.63, 3.8) is 0 Å². The van der Waals surface area contributed by atoms with Crippen LogP contribution in [-0.2, 0) is 4.79 Å². The average Bonchev–Trinajstić information content (AvgIpc) is 3.29. The van der Waals surface area contributed by atoms with Crippen LogP contribution in [-0.4, -0.2) is 47.8 Å². The third-order valence-corrected chi connectivity index (χ3v) is 6.03. The number of carbonyl (C=O) groups excluding carboxylic acids is 2. The van der Waals surface area contributed by atoms with Gasteiger partial charge in [0.2, 0.25) is 5.91 Å². The van der Waals surface area contributed by atoms with E-state index in [0.29, 0.717) is 48.1 Å². The summed E-state index contributed by atoms with van der Waals surface area (Å²) in [5.74, 6) is -0.248. The van der Waals surface area contributed by atoms with E-state index >= 15 is 0 Å². The van der Waals surface area contributed by atoms with E-state index in [2.05, 4.69) is 5.32 Å². The van der Waals surface area contributed by atoms with E-state index in [1.807, 2.05) is 4.90 Å². The fourth-order valence-corrected chi connectivity index (χ4v) is 4.27. The van der Waals surface area contributed by atoms with Crippen molar-refractivity contribution in [2.75, 3.05) is 36.4 Å². The highest BCUT2D eigenvalue weighted by Gasteiger charge is 2.24. The number of nitro groups is 1. The van der Waals surface area contributed by atoms with Crippen molar-refractivity contribution in [2.24, 2.45) is 0 Å². The topological polar surface area (TPSA) is 109 Å². The smallest absolute Gasteiger partial charge is 0.291 e. The molecule has 0 saturated carbocycles. The van der Waals surface area contributed by atoms with Crippen LogP contribution in [0, 0.1) is 17.0 Å². The number of aryl methyl sites for hydroxylation is 1. The van der Waals surface area contributed by atoms with Gasteiger partial charge in [-0.2, -0.15) is 0 Å². The molecule has 2 aromatic carbocycles. The van der Waals surface area contributed by atoms with Crippen molar-refractivity contribution < 1.29 is 18.9 Å². The molecular weight excluding hydrogens is 460 g/mol. The highest BCUT2D eigenvalue weighted by Crippen LogP contribution is 2.36. The molecule has 1 N–H and O–H groups in total. The molecule has 0 bridgehead atoms. The van der Waals surface area contributed by atoms with Gasteiger partial charge in [-0.15, -0.1) is 0 Å². The molecule has 0 aliphatic carbocycles. The van der Waals surface area contributed by atoms with Gasteiger partial charge in [0.25, 0.3) is 11.6 Å². The molecule has 1 fully saturated rings. The molecule has 9 nitrogen and oxygen atoms in total. The lowest BCUT2D eigenvalue weighted by Gasteiger charge is -2.36. The number of benzene rings is 2. The molecule has 1 aliphatic rings. The Morgan fingerprint density at radius 3 is 2.50 bits per heavy atom. The zero-order valence-corrected chi connectivity index (χ0v) is 19.5. The summed E-state index contributed by atoms with van der Waals surface area (Å²) in [6.45, 7) is 5.58. The summed E-state index contributed by atoms with van der Waals surface area (Å²) in [6, 6.07) is 13.0. The lowest BCUT2D eigenvalue weighted by Crippen LogP contribution is -2.48. The van der Waals surface area contributed by atoms with Crippen molar-refractivity contribution in [2.45, 2.75) is 13.8 Å². The molecule has 1 aliphatic heterocycles. The normalized spacial score (nSPS) is 13.6. The molecule has 0 spiro atoms. The largest absolute Gasteiger partial charge is 0.451 e. The van der Waals surface area contributed by atoms with Gasteiger partial charge in [0.1, 0.15) is 5.76 Å². The number of hydrogen-bond donors (Lipinski definition) is 1. The molecule has 1 saturated heterocycles. The molecule has 0 atom stereocenters. The Balaban J connectivity index is 1.56. The number of furan rings is 1. The van der Waals surface area contributed by atoms with Crippen LogP contribution in [0.3, 0.4) is 0 Å². The maximum Gasteiger partial charge on any atom is 0.291 e. The summed E-state index contributed by atoms with van der Waals surface area (Å²) in [5, 5.41) is 14.8. The number of carbonyl (C=O) groups is 2. The highest BCUT2D eigenvalue weighted by molar-refractivity contribution is 6.34. The quantitative estimate of drug-likeness (QED) is 0.415. The second-order valence-electron chi connectivity index (χ2n) is 8.02. The molecule has 34 heavy (non-hydrogen) atoms. The van der Waals surface area contributed by atoms with Crippen molar-refractivity contribution >= 4 is 40.5 Å². The van der Waals surface area contributed by atoms with Gasteiger partial charge >= 0.3 is 0 Å². The number of anilines is 2. The van der Waals surface area contributed by atoms with Gasteiger partial charge in [0.05, 0.1) is 26.9 Å². The van der Waals surface area contributed by atoms with Gasteiger partial charge in [-0.3, -0.25) is 19.7 Å². The maximum absolute atomic E-state index is 13.0. The van der Waals surface area contributed by atoms with E-state index in [1.165, 1.54) is 18.2 Å². The monoisotopic (exact) mass is 482 g/mol. The van der Waals surface area contributed by atoms with Crippen LogP contribution in [0.4, 0.5) is 17.1 Å². The van der Waals surface area contributed by atoms with Crippen molar-refractivity contribution in [3.05, 3.63) is 75.0 Å². The second-order valence-corrected chi connectivity index (χ2v) is 8.43. The molecule has 2 heterocycles. The van der Waals surface area contributed by atoms with E-state index in [4.69, 9.17) is 16.0 Å². The summed E-state index contributed by atoms with van der Waals surface area (Å²) in [4.78, 5) is 39.4. The number of halogens is 1. The fourth-order valence-electron chi connectivity index (χ4n) is 3.97. The minimum Gasteiger partial charge on any atom is -0.451 e. The van der Waals surface area contributed by atoms with E-state index in [-0.39, 0.29) is 23.1 Å². The Bertz CT molecular complexity index is 1260. The molecule has 176 valence electrons. The Morgan fingerprint density at radius 2 is 1.82 bits per heavy atom. The van der Waals surface area contributed by atoms with Crippen molar-refractivity contribution in [3.8, 4) is 11.3 Å². The number of piperazine rings is 1. The van der Waals surface area contributed by atoms with Gasteiger partial charge in [0, 0.05) is 39.2 Å². The molecule has 2 amide bonds. The predicted octanol–water partition coefficient (Wildman–Crippen LogP) is 4.74. The number of hydrogen-bond acceptors (Lipinski definition) is 6. The molecular formula is C24H23ClN4O5. The molecule has 3 aromatic rings. The van der Waals surface area contributed by atoms with Crippen LogP contribution in [0.25, 0.3) is 11.3 Å². The van der Waals surface area contributed by atoms with Crippen molar-refractivity contribution in [1.82, 2.24) is 4.90 Å². The van der Waals surface area contributed by atoms with Crippen LogP contribution >= 0.6 is 11.6 Å². The Hall–Kier alpha value is -3.85. The standard InChI is InChI=1S/C24H23ClN4O5/c1-15-6-7-17(20(14-15)29(32)33)21-8-9-22(34-21)24(31)26-19-5-3-4-18(25)23(19)28-12-10-27(11-13-28)16(2)30/h3-9,14H,10-13H2,1-2H3,(H,26,31). The minimum absolute atomic E-state index is 0.0113. The number of nitro benzene ring substituents is 1. The van der Waals surface area contributed by atoms with Gasteiger partial charge in [0.15, 0.2) is 5.76 Å². The third kappa shape index (κ3) is 4.74. The van der Waals surface area contributed by atoms with E-state index in [9.17, 15) is 19.7 Å². The zero-order chi connectivity index (χ0) is 24.4. The van der Waals surface area contributed by atoms with Gasteiger partial charge in [-0.05, 0) is 42.8 Å².